The molecule has 14 heteroatoms. The molecular weight excluding hydrogens is 536 g/mol. The second-order valence-electron chi connectivity index (χ2n) is 10.4. The summed E-state index contributed by atoms with van der Waals surface area (Å²) in [5, 5.41) is 14.2. The zero-order valence-electron chi connectivity index (χ0n) is 21.7. The number of ether oxygens (including phenoxy) is 1. The van der Waals surface area contributed by atoms with Crippen LogP contribution in [0.25, 0.3) is 0 Å². The van der Waals surface area contributed by atoms with Crippen LogP contribution >= 0.6 is 0 Å². The first-order valence-electron chi connectivity index (χ1n) is 12.6. The molecule has 39 heavy (non-hydrogen) atoms. The van der Waals surface area contributed by atoms with Gasteiger partial charge in [-0.05, 0) is 56.2 Å². The SMILES string of the molecule is CN(Cc1cccnc1)CC1CCC2(CN(CC3CCCC3)C2)OC1.O=C(O)C(F)(F)F.O=C(O)C(F)(F)F. The molecule has 2 aliphatic heterocycles. The lowest BCUT2D eigenvalue weighted by molar-refractivity contribution is -0.193. The molecule has 2 N–H and O–H groups in total. The lowest BCUT2D eigenvalue weighted by Crippen LogP contribution is -2.65. The largest absolute Gasteiger partial charge is 0.490 e. The van der Waals surface area contributed by atoms with Crippen LogP contribution in [0.3, 0.4) is 0 Å². The van der Waals surface area contributed by atoms with E-state index in [0.29, 0.717) is 5.92 Å². The van der Waals surface area contributed by atoms with E-state index in [1.54, 1.807) is 0 Å². The molecule has 2 saturated heterocycles. The Morgan fingerprint density at radius 2 is 1.62 bits per heavy atom. The molecule has 1 atom stereocenters. The maximum atomic E-state index is 10.6. The molecule has 1 aromatic heterocycles. The van der Waals surface area contributed by atoms with Crippen molar-refractivity contribution in [3.63, 3.8) is 0 Å². The zero-order valence-corrected chi connectivity index (χ0v) is 21.7. The van der Waals surface area contributed by atoms with Crippen molar-refractivity contribution in [1.82, 2.24) is 14.8 Å². The Balaban J connectivity index is 0.000000317. The Morgan fingerprint density at radius 1 is 1.05 bits per heavy atom. The van der Waals surface area contributed by atoms with Crippen molar-refractivity contribution in [2.75, 3.05) is 39.8 Å². The van der Waals surface area contributed by atoms with Crippen molar-refractivity contribution in [1.29, 1.82) is 0 Å². The summed E-state index contributed by atoms with van der Waals surface area (Å²) in [6.45, 7) is 6.72. The van der Waals surface area contributed by atoms with Crippen LogP contribution in [0, 0.1) is 11.8 Å². The number of likely N-dealkylation sites (tertiary alicyclic amines) is 1. The molecule has 3 aliphatic rings. The predicted molar refractivity (Wildman–Crippen MR) is 128 cm³/mol. The van der Waals surface area contributed by atoms with Gasteiger partial charge in [0.1, 0.15) is 0 Å². The molecule has 1 saturated carbocycles. The van der Waals surface area contributed by atoms with Crippen molar-refractivity contribution >= 4 is 11.9 Å². The highest BCUT2D eigenvalue weighted by atomic mass is 19.4. The van der Waals surface area contributed by atoms with E-state index in [0.717, 1.165) is 25.6 Å². The molecule has 0 amide bonds. The number of alkyl halides is 6. The number of aromatic nitrogens is 1. The number of carboxylic acids is 2. The van der Waals surface area contributed by atoms with Crippen molar-refractivity contribution in [2.24, 2.45) is 11.8 Å². The first-order chi connectivity index (χ1) is 18.1. The van der Waals surface area contributed by atoms with E-state index in [-0.39, 0.29) is 5.60 Å². The summed E-state index contributed by atoms with van der Waals surface area (Å²) < 4.78 is 69.9. The van der Waals surface area contributed by atoms with Gasteiger partial charge in [0.25, 0.3) is 0 Å². The van der Waals surface area contributed by atoms with E-state index in [1.807, 2.05) is 18.5 Å². The number of nitrogens with zero attached hydrogens (tertiary/aromatic N) is 3. The van der Waals surface area contributed by atoms with Crippen LogP contribution in [0.5, 0.6) is 0 Å². The molecule has 4 rings (SSSR count). The number of halogens is 6. The molecule has 1 aliphatic carbocycles. The molecule has 3 fully saturated rings. The minimum Gasteiger partial charge on any atom is -0.475 e. The number of aliphatic carboxylic acids is 2. The van der Waals surface area contributed by atoms with Crippen LogP contribution in [0.15, 0.2) is 24.5 Å². The number of rotatable bonds is 6. The van der Waals surface area contributed by atoms with Crippen LogP contribution in [0.1, 0.15) is 44.1 Å². The van der Waals surface area contributed by atoms with E-state index in [9.17, 15) is 26.3 Å². The van der Waals surface area contributed by atoms with E-state index in [1.165, 1.54) is 63.7 Å². The Morgan fingerprint density at radius 3 is 2.05 bits per heavy atom. The number of carbonyl (C=O) groups is 2. The lowest BCUT2D eigenvalue weighted by atomic mass is 9.82. The van der Waals surface area contributed by atoms with Gasteiger partial charge in [-0.2, -0.15) is 26.3 Å². The van der Waals surface area contributed by atoms with Crippen LogP contribution in [0.2, 0.25) is 0 Å². The highest BCUT2D eigenvalue weighted by Crippen LogP contribution is 2.38. The fraction of sp³-hybridized carbons (Fsp3) is 0.720. The second-order valence-corrected chi connectivity index (χ2v) is 10.4. The minimum atomic E-state index is -5.08. The van der Waals surface area contributed by atoms with E-state index in [4.69, 9.17) is 24.5 Å². The third kappa shape index (κ3) is 11.7. The number of pyridine rings is 1. The molecule has 1 unspecified atom stereocenters. The van der Waals surface area contributed by atoms with E-state index >= 15 is 0 Å². The van der Waals surface area contributed by atoms with E-state index in [2.05, 4.69) is 27.9 Å². The standard InChI is InChI=1S/C21H33N3O.2C2HF3O2/c1-23(12-19-7-4-10-22-11-19)13-20-8-9-21(25-15-20)16-24(17-21)14-18-5-2-3-6-18;2*3-2(4,5)1(6)7/h4,7,10-11,18,20H,2-3,5-6,8-9,12-17H2,1H3;2*(H,6,7). The van der Waals surface area contributed by atoms with Crippen molar-refractivity contribution in [3.8, 4) is 0 Å². The highest BCUT2D eigenvalue weighted by molar-refractivity contribution is 5.73. The summed E-state index contributed by atoms with van der Waals surface area (Å²) in [5.41, 5.74) is 1.50. The summed E-state index contributed by atoms with van der Waals surface area (Å²) in [4.78, 5) is 27.1. The monoisotopic (exact) mass is 571 g/mol. The van der Waals surface area contributed by atoms with Crippen molar-refractivity contribution in [3.05, 3.63) is 30.1 Å². The average Bonchev–Trinajstić information content (AvgIpc) is 3.33. The van der Waals surface area contributed by atoms with Gasteiger partial charge in [-0.1, -0.05) is 18.9 Å². The number of carboxylic acid groups (broad SMARTS) is 2. The summed E-state index contributed by atoms with van der Waals surface area (Å²) in [6, 6.07) is 4.17. The Hall–Kier alpha value is -2.45. The van der Waals surface area contributed by atoms with Crippen LogP contribution < -0.4 is 0 Å². The van der Waals surface area contributed by atoms with Crippen LogP contribution in [-0.2, 0) is 20.9 Å². The molecule has 222 valence electrons. The molecular formula is C25H35F6N3O5. The predicted octanol–water partition coefficient (Wildman–Crippen LogP) is 4.45. The van der Waals surface area contributed by atoms with Gasteiger partial charge in [-0.3, -0.25) is 9.88 Å². The Kier molecular flexibility index (Phi) is 12.0. The number of hydrogen-bond acceptors (Lipinski definition) is 6. The topological polar surface area (TPSA) is 103 Å². The third-order valence-corrected chi connectivity index (χ3v) is 6.88. The van der Waals surface area contributed by atoms with Gasteiger partial charge in [0, 0.05) is 45.1 Å². The van der Waals surface area contributed by atoms with Gasteiger partial charge in [0.2, 0.25) is 0 Å². The normalized spacial score (nSPS) is 21.4. The maximum absolute atomic E-state index is 10.6. The quantitative estimate of drug-likeness (QED) is 0.483. The lowest BCUT2D eigenvalue weighted by Gasteiger charge is -2.53. The number of hydrogen-bond donors (Lipinski definition) is 2. The summed E-state index contributed by atoms with van der Waals surface area (Å²) in [5.74, 6) is -3.87. The molecule has 1 spiro atoms. The minimum absolute atomic E-state index is 0.205. The fourth-order valence-corrected chi connectivity index (χ4v) is 5.08. The van der Waals surface area contributed by atoms with Gasteiger partial charge >= 0.3 is 24.3 Å². The zero-order chi connectivity index (χ0) is 29.3. The van der Waals surface area contributed by atoms with Gasteiger partial charge in [0.05, 0.1) is 12.2 Å². The van der Waals surface area contributed by atoms with Crippen molar-refractivity contribution in [2.45, 2.75) is 63.0 Å². The smallest absolute Gasteiger partial charge is 0.475 e. The fourth-order valence-electron chi connectivity index (χ4n) is 5.08. The maximum Gasteiger partial charge on any atom is 0.490 e. The first-order valence-corrected chi connectivity index (χ1v) is 12.6. The molecule has 3 heterocycles. The van der Waals surface area contributed by atoms with Crippen LogP contribution in [-0.4, -0.2) is 94.7 Å². The van der Waals surface area contributed by atoms with Gasteiger partial charge in [-0.25, -0.2) is 9.59 Å². The second kappa shape index (κ2) is 14.3. The van der Waals surface area contributed by atoms with Gasteiger partial charge in [-0.15, -0.1) is 0 Å². The van der Waals surface area contributed by atoms with Crippen LogP contribution in [0.4, 0.5) is 26.3 Å². The molecule has 1 aromatic rings. The van der Waals surface area contributed by atoms with Gasteiger partial charge in [0.15, 0.2) is 0 Å². The average molecular weight is 572 g/mol. The van der Waals surface area contributed by atoms with Gasteiger partial charge < -0.3 is 19.8 Å². The molecule has 0 radical (unpaired) electrons. The summed E-state index contributed by atoms with van der Waals surface area (Å²) >= 11 is 0. The molecule has 0 bridgehead atoms. The molecule has 8 nitrogen and oxygen atoms in total. The summed E-state index contributed by atoms with van der Waals surface area (Å²) in [6.07, 6.45) is 2.02. The summed E-state index contributed by atoms with van der Waals surface area (Å²) in [7, 11) is 2.21. The van der Waals surface area contributed by atoms with Crippen molar-refractivity contribution < 1.29 is 50.9 Å². The highest BCUT2D eigenvalue weighted by Gasteiger charge is 2.47. The van der Waals surface area contributed by atoms with E-state index < -0.39 is 24.3 Å². The Labute approximate surface area is 222 Å². The first kappa shape index (κ1) is 32.8. The Bertz CT molecular complexity index is 870. The third-order valence-electron chi connectivity index (χ3n) is 6.88. The molecule has 0 aromatic carbocycles.